The van der Waals surface area contributed by atoms with Crippen LogP contribution < -0.4 is 21.4 Å². The fourth-order valence-electron chi connectivity index (χ4n) is 2.17. The van der Waals surface area contributed by atoms with Gasteiger partial charge in [0, 0.05) is 24.7 Å². The van der Waals surface area contributed by atoms with Crippen molar-refractivity contribution in [1.29, 1.82) is 0 Å². The number of fused-ring (bicyclic) bond motifs is 1. The van der Waals surface area contributed by atoms with Gasteiger partial charge < -0.3 is 16.0 Å². The van der Waals surface area contributed by atoms with Gasteiger partial charge in [-0.15, -0.1) is 0 Å². The predicted molar refractivity (Wildman–Crippen MR) is 81.2 cm³/mol. The van der Waals surface area contributed by atoms with Crippen LogP contribution in [0.3, 0.4) is 0 Å². The molecule has 1 aliphatic heterocycles. The number of primary amides is 1. The van der Waals surface area contributed by atoms with Crippen molar-refractivity contribution >= 4 is 23.3 Å². The van der Waals surface area contributed by atoms with Crippen LogP contribution in [0.4, 0.5) is 10.5 Å². The number of rotatable bonds is 5. The van der Waals surface area contributed by atoms with Gasteiger partial charge in [0.15, 0.2) is 5.71 Å². The molecule has 0 bridgehead atoms. The number of hydrogen-bond donors (Lipinski definition) is 3. The first-order valence-corrected chi connectivity index (χ1v) is 6.78. The molecule has 0 saturated carbocycles. The number of nitrogens with zero attached hydrogens (tertiary/aromatic N) is 2. The molecule has 1 heterocycles. The standard InChI is InChI=1S/C14H19N5O2/c1-9(2)16-7-8-19-11-6-4-3-5-10(11)12(13(19)20)17-18-14(15)21/h3-6,9,16H,7-8H2,1-2H3,(H3,15,18,21)/b17-12+. The number of nitrogens with one attached hydrogen (secondary N) is 2. The molecule has 2 rings (SSSR count). The lowest BCUT2D eigenvalue weighted by Gasteiger charge is -2.18. The third-order valence-electron chi connectivity index (χ3n) is 3.06. The number of hydrazone groups is 1. The molecule has 1 aliphatic rings. The molecule has 0 radical (unpaired) electrons. The summed E-state index contributed by atoms with van der Waals surface area (Å²) in [6.45, 7) is 5.30. The highest BCUT2D eigenvalue weighted by Crippen LogP contribution is 2.28. The third-order valence-corrected chi connectivity index (χ3v) is 3.06. The highest BCUT2D eigenvalue weighted by atomic mass is 16.2. The minimum absolute atomic E-state index is 0.203. The molecule has 4 N–H and O–H groups in total. The summed E-state index contributed by atoms with van der Waals surface area (Å²) in [5, 5.41) is 7.08. The maximum atomic E-state index is 12.4. The van der Waals surface area contributed by atoms with Crippen LogP contribution in [0.2, 0.25) is 0 Å². The summed E-state index contributed by atoms with van der Waals surface area (Å²) >= 11 is 0. The molecule has 0 spiro atoms. The SMILES string of the molecule is CC(C)NCCN1C(=O)/C(=N/NC(N)=O)c2ccccc21. The van der Waals surface area contributed by atoms with Crippen molar-refractivity contribution in [1.82, 2.24) is 10.7 Å². The van der Waals surface area contributed by atoms with E-state index in [4.69, 9.17) is 5.73 Å². The number of hydrogen-bond acceptors (Lipinski definition) is 4. The van der Waals surface area contributed by atoms with Crippen LogP contribution in [-0.2, 0) is 4.79 Å². The molecule has 0 unspecified atom stereocenters. The van der Waals surface area contributed by atoms with E-state index in [9.17, 15) is 9.59 Å². The molecule has 0 aliphatic carbocycles. The van der Waals surface area contributed by atoms with E-state index in [-0.39, 0.29) is 11.6 Å². The first-order chi connectivity index (χ1) is 10.0. The van der Waals surface area contributed by atoms with Gasteiger partial charge in [0.25, 0.3) is 5.91 Å². The molecular formula is C14H19N5O2. The maximum Gasteiger partial charge on any atom is 0.332 e. The van der Waals surface area contributed by atoms with Gasteiger partial charge in [0.2, 0.25) is 0 Å². The number of amides is 3. The van der Waals surface area contributed by atoms with Gasteiger partial charge in [-0.1, -0.05) is 32.0 Å². The Balaban J connectivity index is 2.22. The lowest BCUT2D eigenvalue weighted by Crippen LogP contribution is -2.38. The normalized spacial score (nSPS) is 15.7. The molecule has 7 nitrogen and oxygen atoms in total. The molecule has 3 amide bonds. The molecule has 0 aromatic heterocycles. The fourth-order valence-corrected chi connectivity index (χ4v) is 2.17. The Labute approximate surface area is 123 Å². The molecule has 112 valence electrons. The predicted octanol–water partition coefficient (Wildman–Crippen LogP) is 0.404. The third kappa shape index (κ3) is 3.38. The molecule has 0 fully saturated rings. The minimum atomic E-state index is -0.798. The minimum Gasteiger partial charge on any atom is -0.350 e. The number of anilines is 1. The second kappa shape index (κ2) is 6.36. The Hall–Kier alpha value is -2.41. The summed E-state index contributed by atoms with van der Waals surface area (Å²) in [6.07, 6.45) is 0. The number of urea groups is 1. The van der Waals surface area contributed by atoms with Crippen LogP contribution >= 0.6 is 0 Å². The van der Waals surface area contributed by atoms with Gasteiger partial charge >= 0.3 is 6.03 Å². The molecule has 0 atom stereocenters. The van der Waals surface area contributed by atoms with E-state index in [1.807, 2.05) is 32.0 Å². The zero-order valence-electron chi connectivity index (χ0n) is 12.1. The zero-order valence-corrected chi connectivity index (χ0v) is 12.1. The van der Waals surface area contributed by atoms with Crippen molar-refractivity contribution in [2.45, 2.75) is 19.9 Å². The van der Waals surface area contributed by atoms with Crippen molar-refractivity contribution < 1.29 is 9.59 Å². The molecule has 21 heavy (non-hydrogen) atoms. The van der Waals surface area contributed by atoms with E-state index in [0.29, 0.717) is 24.7 Å². The second-order valence-corrected chi connectivity index (χ2v) is 5.02. The van der Waals surface area contributed by atoms with Gasteiger partial charge in [-0.3, -0.25) is 4.79 Å². The molecule has 0 saturated heterocycles. The Morgan fingerprint density at radius 3 is 2.76 bits per heavy atom. The summed E-state index contributed by atoms with van der Waals surface area (Å²) < 4.78 is 0. The first-order valence-electron chi connectivity index (χ1n) is 6.78. The monoisotopic (exact) mass is 289 g/mol. The zero-order chi connectivity index (χ0) is 15.4. The Kier molecular flexibility index (Phi) is 4.54. The molecular weight excluding hydrogens is 270 g/mol. The van der Waals surface area contributed by atoms with Crippen LogP contribution in [0, 0.1) is 0 Å². The van der Waals surface area contributed by atoms with Crippen LogP contribution in [0.1, 0.15) is 19.4 Å². The van der Waals surface area contributed by atoms with E-state index in [1.165, 1.54) is 0 Å². The van der Waals surface area contributed by atoms with Gasteiger partial charge in [-0.2, -0.15) is 5.10 Å². The quantitative estimate of drug-likeness (QED) is 0.684. The highest BCUT2D eigenvalue weighted by Gasteiger charge is 2.33. The van der Waals surface area contributed by atoms with Crippen molar-refractivity contribution in [3.63, 3.8) is 0 Å². The van der Waals surface area contributed by atoms with Crippen molar-refractivity contribution in [2.24, 2.45) is 10.8 Å². The Morgan fingerprint density at radius 2 is 2.10 bits per heavy atom. The van der Waals surface area contributed by atoms with Gasteiger partial charge in [0.05, 0.1) is 5.69 Å². The lowest BCUT2D eigenvalue weighted by atomic mass is 10.1. The number of carbonyl (C=O) groups excluding carboxylic acids is 2. The van der Waals surface area contributed by atoms with Gasteiger partial charge in [0.1, 0.15) is 0 Å². The highest BCUT2D eigenvalue weighted by molar-refractivity contribution is 6.54. The smallest absolute Gasteiger partial charge is 0.332 e. The van der Waals surface area contributed by atoms with E-state index >= 15 is 0 Å². The first kappa shape index (κ1) is 15.0. The summed E-state index contributed by atoms with van der Waals surface area (Å²) in [5.74, 6) is -0.240. The average molecular weight is 289 g/mol. The summed E-state index contributed by atoms with van der Waals surface area (Å²) in [7, 11) is 0. The number of benzene rings is 1. The number of para-hydroxylation sites is 1. The second-order valence-electron chi connectivity index (χ2n) is 5.02. The molecule has 7 heteroatoms. The Bertz CT molecular complexity index is 582. The van der Waals surface area contributed by atoms with Crippen LogP contribution in [0.15, 0.2) is 29.4 Å². The van der Waals surface area contributed by atoms with Crippen molar-refractivity contribution in [3.05, 3.63) is 29.8 Å². The van der Waals surface area contributed by atoms with Crippen molar-refractivity contribution in [3.8, 4) is 0 Å². The van der Waals surface area contributed by atoms with Crippen LogP contribution in [-0.4, -0.2) is 36.8 Å². The number of nitrogens with two attached hydrogens (primary N) is 1. The Morgan fingerprint density at radius 1 is 1.38 bits per heavy atom. The maximum absolute atomic E-state index is 12.4. The van der Waals surface area contributed by atoms with Gasteiger partial charge in [-0.25, -0.2) is 10.2 Å². The topological polar surface area (TPSA) is 99.8 Å². The van der Waals surface area contributed by atoms with E-state index in [0.717, 1.165) is 5.69 Å². The van der Waals surface area contributed by atoms with Gasteiger partial charge in [-0.05, 0) is 6.07 Å². The summed E-state index contributed by atoms with van der Waals surface area (Å²) in [6, 6.07) is 6.89. The van der Waals surface area contributed by atoms with E-state index in [2.05, 4.69) is 15.8 Å². The van der Waals surface area contributed by atoms with Crippen molar-refractivity contribution in [2.75, 3.05) is 18.0 Å². The average Bonchev–Trinajstić information content (AvgIpc) is 2.69. The van der Waals surface area contributed by atoms with E-state index < -0.39 is 6.03 Å². The lowest BCUT2D eigenvalue weighted by molar-refractivity contribution is -0.112. The molecule has 1 aromatic rings. The van der Waals surface area contributed by atoms with Crippen LogP contribution in [0.5, 0.6) is 0 Å². The fraction of sp³-hybridized carbons (Fsp3) is 0.357. The van der Waals surface area contributed by atoms with Crippen LogP contribution in [0.25, 0.3) is 0 Å². The summed E-state index contributed by atoms with van der Waals surface area (Å²) in [4.78, 5) is 24.8. The largest absolute Gasteiger partial charge is 0.350 e. The molecule has 1 aromatic carbocycles. The number of carbonyl (C=O) groups is 2. The van der Waals surface area contributed by atoms with E-state index in [1.54, 1.807) is 11.0 Å². The summed E-state index contributed by atoms with van der Waals surface area (Å²) in [5.41, 5.74) is 8.80.